The summed E-state index contributed by atoms with van der Waals surface area (Å²) >= 11 is 0. The molecule has 0 atom stereocenters. The minimum absolute atomic E-state index is 0.0671. The topological polar surface area (TPSA) is 19.1 Å². The second kappa shape index (κ2) is 9.33. The molecule has 0 radical (unpaired) electrons. The number of aromatic nitrogens is 2. The third kappa shape index (κ3) is 3.92. The maximum absolute atomic E-state index is 6.29. The largest absolute Gasteiger partial charge is 0.489 e. The van der Waals surface area contributed by atoms with Crippen molar-refractivity contribution in [1.82, 2.24) is 9.13 Å². The molecule has 3 heteroatoms. The summed E-state index contributed by atoms with van der Waals surface area (Å²) in [6, 6.07) is 36.6. The van der Waals surface area contributed by atoms with Crippen molar-refractivity contribution in [3.63, 3.8) is 0 Å². The highest BCUT2D eigenvalue weighted by Crippen LogP contribution is 2.44. The lowest BCUT2D eigenvalue weighted by Crippen LogP contribution is -2.08. The van der Waals surface area contributed by atoms with Crippen LogP contribution in [0.1, 0.15) is 39.6 Å². The maximum atomic E-state index is 6.29. The van der Waals surface area contributed by atoms with Crippen molar-refractivity contribution in [2.75, 3.05) is 0 Å². The summed E-state index contributed by atoms with van der Waals surface area (Å²) in [6.07, 6.45) is 0. The molecule has 0 fully saturated rings. The fourth-order valence-corrected chi connectivity index (χ4v) is 5.83. The van der Waals surface area contributed by atoms with Crippen molar-refractivity contribution in [2.45, 2.75) is 26.4 Å². The monoisotopic (exact) mass is 484 g/mol. The van der Waals surface area contributed by atoms with Crippen LogP contribution >= 0.6 is 0 Å². The van der Waals surface area contributed by atoms with E-state index in [1.54, 1.807) is 0 Å². The molecule has 37 heavy (non-hydrogen) atoms. The lowest BCUT2D eigenvalue weighted by Gasteiger charge is -2.21. The van der Waals surface area contributed by atoms with Crippen molar-refractivity contribution >= 4 is 21.8 Å². The normalized spacial score (nSPS) is 11.6. The molecule has 4 aromatic carbocycles. The van der Waals surface area contributed by atoms with Gasteiger partial charge in [0.05, 0.1) is 0 Å². The van der Waals surface area contributed by atoms with E-state index in [0.717, 1.165) is 5.75 Å². The van der Waals surface area contributed by atoms with Gasteiger partial charge in [-0.2, -0.15) is 0 Å². The van der Waals surface area contributed by atoms with Crippen LogP contribution in [-0.4, -0.2) is 9.13 Å². The van der Waals surface area contributed by atoms with Crippen molar-refractivity contribution in [3.8, 4) is 5.75 Å². The molecule has 0 spiro atoms. The Morgan fingerprint density at radius 1 is 0.622 bits per heavy atom. The van der Waals surface area contributed by atoms with Crippen LogP contribution in [0.15, 0.2) is 103 Å². The molecule has 0 saturated heterocycles. The van der Waals surface area contributed by atoms with E-state index in [1.165, 1.54) is 55.4 Å². The van der Waals surface area contributed by atoms with Crippen LogP contribution in [0.3, 0.4) is 0 Å². The van der Waals surface area contributed by atoms with Gasteiger partial charge in [0.2, 0.25) is 0 Å². The van der Waals surface area contributed by atoms with E-state index >= 15 is 0 Å². The molecule has 2 aromatic heterocycles. The number of hydrogen-bond donors (Lipinski definition) is 0. The van der Waals surface area contributed by atoms with E-state index in [2.05, 4.69) is 134 Å². The molecule has 6 rings (SSSR count). The molecular formula is C34H32N2O. The second-order valence-electron chi connectivity index (χ2n) is 9.93. The van der Waals surface area contributed by atoms with Gasteiger partial charge in [-0.05, 0) is 60.4 Å². The lowest BCUT2D eigenvalue weighted by molar-refractivity contribution is 0.306. The van der Waals surface area contributed by atoms with E-state index in [0.29, 0.717) is 6.61 Å². The highest BCUT2D eigenvalue weighted by molar-refractivity contribution is 5.91. The number of rotatable bonds is 6. The smallest absolute Gasteiger partial charge is 0.120 e. The van der Waals surface area contributed by atoms with Gasteiger partial charge in [-0.25, -0.2) is 0 Å². The van der Waals surface area contributed by atoms with E-state index in [-0.39, 0.29) is 5.92 Å². The van der Waals surface area contributed by atoms with Crippen LogP contribution in [0.25, 0.3) is 21.8 Å². The summed E-state index contributed by atoms with van der Waals surface area (Å²) in [4.78, 5) is 0. The standard InChI is InChI=1S/C34H32N2O/c1-23-32(28-17-8-10-19-30(28)35(23)3)34(33-24(2)36(4)31-20-11-9-18-29(31)33)26-15-12-16-27(21-26)37-22-25-13-6-5-7-14-25/h5-21,34H,22H2,1-4H3. The molecule has 0 bridgehead atoms. The Morgan fingerprint density at radius 3 is 1.76 bits per heavy atom. The molecule has 0 aliphatic rings. The SMILES string of the molecule is Cc1c(C(c2cccc(OCc3ccccc3)c2)c2c(C)n(C)c3ccccc23)c2ccccc2n1C. The van der Waals surface area contributed by atoms with Crippen molar-refractivity contribution in [2.24, 2.45) is 14.1 Å². The van der Waals surface area contributed by atoms with Crippen molar-refractivity contribution in [1.29, 1.82) is 0 Å². The molecule has 2 heterocycles. The van der Waals surface area contributed by atoms with E-state index in [1.807, 2.05) is 6.07 Å². The van der Waals surface area contributed by atoms with Gasteiger partial charge in [-0.15, -0.1) is 0 Å². The predicted octanol–water partition coefficient (Wildman–Crippen LogP) is 8.05. The number of hydrogen-bond acceptors (Lipinski definition) is 1. The summed E-state index contributed by atoms with van der Waals surface area (Å²) in [5, 5.41) is 2.60. The first kappa shape index (κ1) is 23.2. The van der Waals surface area contributed by atoms with Gasteiger partial charge in [0.1, 0.15) is 12.4 Å². The number of benzene rings is 4. The average Bonchev–Trinajstić information content (AvgIpc) is 3.34. The molecule has 0 aliphatic carbocycles. The Kier molecular flexibility index (Phi) is 5.84. The predicted molar refractivity (Wildman–Crippen MR) is 153 cm³/mol. The fourth-order valence-electron chi connectivity index (χ4n) is 5.83. The van der Waals surface area contributed by atoms with Crippen LogP contribution < -0.4 is 4.74 Å². The maximum Gasteiger partial charge on any atom is 0.120 e. The lowest BCUT2D eigenvalue weighted by atomic mass is 9.82. The van der Waals surface area contributed by atoms with E-state index in [4.69, 9.17) is 4.74 Å². The quantitative estimate of drug-likeness (QED) is 0.234. The Labute approximate surface area is 218 Å². The van der Waals surface area contributed by atoms with Crippen LogP contribution in [0.4, 0.5) is 0 Å². The van der Waals surface area contributed by atoms with Crippen LogP contribution in [0, 0.1) is 13.8 Å². The zero-order valence-corrected chi connectivity index (χ0v) is 21.9. The highest BCUT2D eigenvalue weighted by atomic mass is 16.5. The van der Waals surface area contributed by atoms with Gasteiger partial charge >= 0.3 is 0 Å². The fraction of sp³-hybridized carbons (Fsp3) is 0.176. The van der Waals surface area contributed by atoms with Gasteiger partial charge in [-0.3, -0.25) is 0 Å². The van der Waals surface area contributed by atoms with Crippen molar-refractivity contribution < 1.29 is 4.74 Å². The van der Waals surface area contributed by atoms with Gasteiger partial charge in [0, 0.05) is 53.2 Å². The first-order valence-corrected chi connectivity index (χ1v) is 12.9. The molecule has 184 valence electrons. The van der Waals surface area contributed by atoms with Gasteiger partial charge in [0.15, 0.2) is 0 Å². The van der Waals surface area contributed by atoms with Gasteiger partial charge in [-0.1, -0.05) is 78.9 Å². The minimum atomic E-state index is 0.0671. The zero-order chi connectivity index (χ0) is 25.5. The Morgan fingerprint density at radius 2 is 1.16 bits per heavy atom. The van der Waals surface area contributed by atoms with E-state index < -0.39 is 0 Å². The number of nitrogens with zero attached hydrogens (tertiary/aromatic N) is 2. The third-order valence-corrected chi connectivity index (χ3v) is 7.91. The Balaban J connectivity index is 1.57. The molecule has 0 saturated carbocycles. The number of ether oxygens (including phenoxy) is 1. The molecule has 0 N–H and O–H groups in total. The first-order valence-electron chi connectivity index (χ1n) is 12.9. The summed E-state index contributed by atoms with van der Waals surface area (Å²) in [7, 11) is 4.35. The molecule has 0 unspecified atom stereocenters. The highest BCUT2D eigenvalue weighted by Gasteiger charge is 2.29. The summed E-state index contributed by atoms with van der Waals surface area (Å²) in [5.41, 5.74) is 10.2. The molecule has 0 amide bonds. The minimum Gasteiger partial charge on any atom is -0.489 e. The second-order valence-corrected chi connectivity index (χ2v) is 9.93. The van der Waals surface area contributed by atoms with Crippen LogP contribution in [-0.2, 0) is 20.7 Å². The van der Waals surface area contributed by atoms with Gasteiger partial charge < -0.3 is 13.9 Å². The molecule has 6 aromatic rings. The molecular weight excluding hydrogens is 452 g/mol. The number of para-hydroxylation sites is 2. The van der Waals surface area contributed by atoms with Crippen LogP contribution in [0.2, 0.25) is 0 Å². The van der Waals surface area contributed by atoms with Crippen molar-refractivity contribution in [3.05, 3.63) is 137 Å². The van der Waals surface area contributed by atoms with Gasteiger partial charge in [0.25, 0.3) is 0 Å². The number of fused-ring (bicyclic) bond motifs is 2. The zero-order valence-electron chi connectivity index (χ0n) is 21.9. The molecule has 0 aliphatic heterocycles. The Hall–Kier alpha value is -4.24. The number of aryl methyl sites for hydroxylation is 2. The summed E-state index contributed by atoms with van der Waals surface area (Å²) in [5.74, 6) is 0.958. The summed E-state index contributed by atoms with van der Waals surface area (Å²) in [6.45, 7) is 5.05. The first-order chi connectivity index (χ1) is 18.0. The Bertz CT molecular complexity index is 1640. The van der Waals surface area contributed by atoms with E-state index in [9.17, 15) is 0 Å². The summed E-state index contributed by atoms with van der Waals surface area (Å²) < 4.78 is 10.9. The average molecular weight is 485 g/mol. The third-order valence-electron chi connectivity index (χ3n) is 7.91. The van der Waals surface area contributed by atoms with Crippen LogP contribution in [0.5, 0.6) is 5.75 Å². The molecule has 3 nitrogen and oxygen atoms in total.